The molecule has 2 heteroatoms. The molecule has 0 saturated heterocycles. The van der Waals surface area contributed by atoms with E-state index in [0.29, 0.717) is 0 Å². The van der Waals surface area contributed by atoms with Crippen LogP contribution in [0.25, 0.3) is 11.1 Å². The Morgan fingerprint density at radius 1 is 0.680 bits per heavy atom. The van der Waals surface area contributed by atoms with Crippen LogP contribution in [0.5, 0.6) is 0 Å². The second kappa shape index (κ2) is 6.66. The summed E-state index contributed by atoms with van der Waals surface area (Å²) in [6, 6.07) is 26.3. The molecule has 0 aliphatic heterocycles. The van der Waals surface area contributed by atoms with E-state index in [0.717, 1.165) is 37.9 Å². The zero-order valence-electron chi connectivity index (χ0n) is 13.4. The van der Waals surface area contributed by atoms with Crippen LogP contribution in [0.1, 0.15) is 27.0 Å². The van der Waals surface area contributed by atoms with Gasteiger partial charge < -0.3 is 0 Å². The van der Waals surface area contributed by atoms with Gasteiger partial charge in [0.2, 0.25) is 0 Å². The normalized spacial score (nSPS) is 15.0. The smallest absolute Gasteiger partial charge is 0.186 e. The van der Waals surface area contributed by atoms with E-state index >= 15 is 0 Å². The minimum atomic E-state index is 0.0545. The summed E-state index contributed by atoms with van der Waals surface area (Å²) in [6.45, 7) is 0. The Bertz CT molecular complexity index is 1010. The zero-order chi connectivity index (χ0) is 17.2. The Kier molecular flexibility index (Phi) is 4.21. The molecule has 0 heterocycles. The molecule has 4 rings (SSSR count). The Labute approximate surface area is 155 Å². The fraction of sp³-hybridized carbons (Fsp3) is 0. The summed E-state index contributed by atoms with van der Waals surface area (Å²) < 4.78 is 1.03. The lowest BCUT2D eigenvalue weighted by atomic mass is 9.84. The van der Waals surface area contributed by atoms with Crippen molar-refractivity contribution >= 4 is 32.9 Å². The number of carbonyl (C=O) groups is 1. The van der Waals surface area contributed by atoms with Crippen molar-refractivity contribution < 1.29 is 4.79 Å². The van der Waals surface area contributed by atoms with Crippen molar-refractivity contribution in [3.63, 3.8) is 0 Å². The van der Waals surface area contributed by atoms with Gasteiger partial charge in [-0.2, -0.15) is 0 Å². The highest BCUT2D eigenvalue weighted by molar-refractivity contribution is 9.10. The first-order valence-electron chi connectivity index (χ1n) is 8.12. The van der Waals surface area contributed by atoms with Gasteiger partial charge in [0.15, 0.2) is 5.78 Å². The van der Waals surface area contributed by atoms with E-state index in [2.05, 4.69) is 34.1 Å². The average Bonchev–Trinajstić information content (AvgIpc) is 2.66. The van der Waals surface area contributed by atoms with Gasteiger partial charge in [-0.1, -0.05) is 88.7 Å². The Morgan fingerprint density at radius 3 is 2.08 bits per heavy atom. The van der Waals surface area contributed by atoms with Crippen molar-refractivity contribution in [1.82, 2.24) is 0 Å². The van der Waals surface area contributed by atoms with Gasteiger partial charge in [0.25, 0.3) is 0 Å². The zero-order valence-corrected chi connectivity index (χ0v) is 15.0. The van der Waals surface area contributed by atoms with Gasteiger partial charge in [-0.3, -0.25) is 4.79 Å². The third kappa shape index (κ3) is 2.90. The monoisotopic (exact) mass is 386 g/mol. The van der Waals surface area contributed by atoms with Crippen LogP contribution in [0, 0.1) is 0 Å². The number of benzene rings is 3. The van der Waals surface area contributed by atoms with Crippen molar-refractivity contribution in [2.75, 3.05) is 0 Å². The number of hydrogen-bond acceptors (Lipinski definition) is 1. The topological polar surface area (TPSA) is 17.1 Å². The second-order valence-electron chi connectivity index (χ2n) is 5.88. The molecule has 0 N–H and O–H groups in total. The molecule has 0 atom stereocenters. The summed E-state index contributed by atoms with van der Waals surface area (Å²) in [5, 5.41) is 0. The van der Waals surface area contributed by atoms with Gasteiger partial charge in [-0.15, -0.1) is 0 Å². The van der Waals surface area contributed by atoms with Gasteiger partial charge in [-0.25, -0.2) is 0 Å². The average molecular weight is 387 g/mol. The maximum absolute atomic E-state index is 12.3. The van der Waals surface area contributed by atoms with E-state index in [9.17, 15) is 4.79 Å². The van der Waals surface area contributed by atoms with E-state index < -0.39 is 0 Å². The van der Waals surface area contributed by atoms with Crippen molar-refractivity contribution in [3.05, 3.63) is 118 Å². The molecule has 0 unspecified atom stereocenters. The van der Waals surface area contributed by atoms with Crippen LogP contribution in [0.15, 0.2) is 95.5 Å². The number of ketones is 1. The summed E-state index contributed by atoms with van der Waals surface area (Å²) in [6.07, 6.45) is 3.60. The molecular formula is C23H15BrO. The third-order valence-electron chi connectivity index (χ3n) is 4.36. The molecule has 120 valence electrons. The molecule has 3 aromatic carbocycles. The van der Waals surface area contributed by atoms with Gasteiger partial charge in [-0.05, 0) is 46.1 Å². The second-order valence-corrected chi connectivity index (χ2v) is 6.73. The highest BCUT2D eigenvalue weighted by Crippen LogP contribution is 2.39. The van der Waals surface area contributed by atoms with E-state index in [1.54, 1.807) is 6.08 Å². The molecule has 25 heavy (non-hydrogen) atoms. The van der Waals surface area contributed by atoms with Crippen molar-refractivity contribution in [3.8, 4) is 0 Å². The van der Waals surface area contributed by atoms with E-state index in [1.165, 1.54) is 0 Å². The van der Waals surface area contributed by atoms with Crippen LogP contribution in [0.4, 0.5) is 0 Å². The van der Waals surface area contributed by atoms with E-state index in [-0.39, 0.29) is 5.78 Å². The van der Waals surface area contributed by atoms with Gasteiger partial charge in [0.1, 0.15) is 0 Å². The minimum absolute atomic E-state index is 0.0545. The molecule has 0 bridgehead atoms. The highest BCUT2D eigenvalue weighted by Gasteiger charge is 2.21. The molecule has 0 aromatic heterocycles. The summed E-state index contributed by atoms with van der Waals surface area (Å²) in [5.41, 5.74) is 6.14. The lowest BCUT2D eigenvalue weighted by Gasteiger charge is -2.20. The molecule has 0 fully saturated rings. The molecule has 1 aliphatic rings. The Balaban J connectivity index is 2.08. The predicted octanol–water partition coefficient (Wildman–Crippen LogP) is 6.16. The third-order valence-corrected chi connectivity index (χ3v) is 5.05. The fourth-order valence-electron chi connectivity index (χ4n) is 3.21. The SMILES string of the molecule is O=C1C=CC(=C(c2ccccc2)c2ccccc2Br)c2ccccc21. The largest absolute Gasteiger partial charge is 0.289 e. The summed E-state index contributed by atoms with van der Waals surface area (Å²) in [7, 11) is 0. The van der Waals surface area contributed by atoms with Crippen molar-refractivity contribution in [1.29, 1.82) is 0 Å². The standard InChI is InChI=1S/C23H15BrO/c24-21-13-7-6-12-20(21)23(16-8-2-1-3-9-16)19-14-15-22(25)18-11-5-4-10-17(18)19/h1-15H. The van der Waals surface area contributed by atoms with Crippen LogP contribution in [-0.4, -0.2) is 5.78 Å². The summed E-state index contributed by atoms with van der Waals surface area (Å²) in [4.78, 5) is 12.3. The summed E-state index contributed by atoms with van der Waals surface area (Å²) in [5.74, 6) is 0.0545. The lowest BCUT2D eigenvalue weighted by molar-refractivity contribution is 0.104. The first-order valence-corrected chi connectivity index (χ1v) is 8.91. The number of hydrogen-bond donors (Lipinski definition) is 0. The van der Waals surface area contributed by atoms with Crippen LogP contribution < -0.4 is 0 Å². The summed E-state index contributed by atoms with van der Waals surface area (Å²) >= 11 is 3.69. The number of allylic oxidation sites excluding steroid dienone is 3. The quantitative estimate of drug-likeness (QED) is 0.515. The first-order chi connectivity index (χ1) is 12.3. The van der Waals surface area contributed by atoms with Crippen molar-refractivity contribution in [2.24, 2.45) is 0 Å². The molecule has 0 spiro atoms. The number of halogens is 1. The van der Waals surface area contributed by atoms with Gasteiger partial charge in [0, 0.05) is 10.0 Å². The van der Waals surface area contributed by atoms with E-state index in [1.807, 2.05) is 66.7 Å². The van der Waals surface area contributed by atoms with Crippen LogP contribution in [-0.2, 0) is 0 Å². The molecule has 3 aromatic rings. The van der Waals surface area contributed by atoms with E-state index in [4.69, 9.17) is 0 Å². The first kappa shape index (κ1) is 15.8. The Hall–Kier alpha value is -2.71. The minimum Gasteiger partial charge on any atom is -0.289 e. The molecule has 0 radical (unpaired) electrons. The van der Waals surface area contributed by atoms with Crippen LogP contribution >= 0.6 is 15.9 Å². The molecular weight excluding hydrogens is 372 g/mol. The lowest BCUT2D eigenvalue weighted by Crippen LogP contribution is -2.06. The number of fused-ring (bicyclic) bond motifs is 1. The predicted molar refractivity (Wildman–Crippen MR) is 106 cm³/mol. The van der Waals surface area contributed by atoms with Gasteiger partial charge in [0.05, 0.1) is 0 Å². The molecule has 1 nitrogen and oxygen atoms in total. The Morgan fingerprint density at radius 2 is 1.32 bits per heavy atom. The molecule has 1 aliphatic carbocycles. The molecule has 0 saturated carbocycles. The maximum atomic E-state index is 12.3. The fourth-order valence-corrected chi connectivity index (χ4v) is 3.70. The van der Waals surface area contributed by atoms with Crippen LogP contribution in [0.2, 0.25) is 0 Å². The van der Waals surface area contributed by atoms with Crippen molar-refractivity contribution in [2.45, 2.75) is 0 Å². The number of carbonyl (C=O) groups excluding carboxylic acids is 1. The number of rotatable bonds is 2. The van der Waals surface area contributed by atoms with Gasteiger partial charge >= 0.3 is 0 Å². The van der Waals surface area contributed by atoms with Crippen LogP contribution in [0.3, 0.4) is 0 Å². The molecule has 0 amide bonds. The highest BCUT2D eigenvalue weighted by atomic mass is 79.9. The maximum Gasteiger partial charge on any atom is 0.186 e.